The van der Waals surface area contributed by atoms with Crippen LogP contribution in [0.25, 0.3) is 0 Å². The molecular formula is C13H24N2O4S. The standard InChI is InChI=1S/C13H24N2O4S/c1-3-4-5-13(17)14-7-8-15(11(2)16)12-6-9-20(18,19)10-12/h12H,3-10H2,1-2H3,(H,14,17). The first-order chi connectivity index (χ1) is 9.35. The second-order valence-electron chi connectivity index (χ2n) is 5.22. The van der Waals surface area contributed by atoms with Crippen molar-refractivity contribution in [3.63, 3.8) is 0 Å². The first kappa shape index (κ1) is 16.9. The van der Waals surface area contributed by atoms with Crippen molar-refractivity contribution in [3.8, 4) is 0 Å². The smallest absolute Gasteiger partial charge is 0.220 e. The zero-order valence-electron chi connectivity index (χ0n) is 12.2. The first-order valence-electron chi connectivity index (χ1n) is 7.10. The van der Waals surface area contributed by atoms with E-state index in [1.165, 1.54) is 6.92 Å². The van der Waals surface area contributed by atoms with Crippen LogP contribution >= 0.6 is 0 Å². The first-order valence-corrected chi connectivity index (χ1v) is 8.92. The van der Waals surface area contributed by atoms with Crippen molar-refractivity contribution in [2.24, 2.45) is 0 Å². The highest BCUT2D eigenvalue weighted by atomic mass is 32.2. The van der Waals surface area contributed by atoms with E-state index in [2.05, 4.69) is 5.32 Å². The van der Waals surface area contributed by atoms with E-state index in [0.717, 1.165) is 12.8 Å². The van der Waals surface area contributed by atoms with Gasteiger partial charge in [-0.25, -0.2) is 8.42 Å². The Morgan fingerprint density at radius 2 is 2.05 bits per heavy atom. The Morgan fingerprint density at radius 1 is 1.35 bits per heavy atom. The molecule has 0 aliphatic carbocycles. The minimum absolute atomic E-state index is 0.0191. The molecule has 116 valence electrons. The minimum Gasteiger partial charge on any atom is -0.354 e. The molecule has 1 unspecified atom stereocenters. The van der Waals surface area contributed by atoms with E-state index in [-0.39, 0.29) is 29.4 Å². The van der Waals surface area contributed by atoms with Gasteiger partial charge in [-0.3, -0.25) is 9.59 Å². The Bertz CT molecular complexity index is 447. The fourth-order valence-corrected chi connectivity index (χ4v) is 4.09. The van der Waals surface area contributed by atoms with Gasteiger partial charge in [-0.05, 0) is 12.8 Å². The van der Waals surface area contributed by atoms with Crippen LogP contribution in [-0.2, 0) is 19.4 Å². The molecule has 1 rings (SSSR count). The van der Waals surface area contributed by atoms with Crippen LogP contribution in [0.4, 0.5) is 0 Å². The Morgan fingerprint density at radius 3 is 2.55 bits per heavy atom. The number of hydrogen-bond donors (Lipinski definition) is 1. The van der Waals surface area contributed by atoms with Crippen LogP contribution < -0.4 is 5.32 Å². The summed E-state index contributed by atoms with van der Waals surface area (Å²) >= 11 is 0. The number of carbonyl (C=O) groups excluding carboxylic acids is 2. The van der Waals surface area contributed by atoms with Crippen LogP contribution in [0.5, 0.6) is 0 Å². The van der Waals surface area contributed by atoms with Gasteiger partial charge in [0.05, 0.1) is 11.5 Å². The third-order valence-electron chi connectivity index (χ3n) is 3.49. The van der Waals surface area contributed by atoms with E-state index in [9.17, 15) is 18.0 Å². The molecule has 20 heavy (non-hydrogen) atoms. The second kappa shape index (κ2) is 7.61. The molecule has 1 aliphatic heterocycles. The van der Waals surface area contributed by atoms with Gasteiger partial charge in [0.2, 0.25) is 11.8 Å². The number of nitrogens with zero attached hydrogens (tertiary/aromatic N) is 1. The number of hydrogen-bond acceptors (Lipinski definition) is 4. The monoisotopic (exact) mass is 304 g/mol. The lowest BCUT2D eigenvalue weighted by Crippen LogP contribution is -2.44. The van der Waals surface area contributed by atoms with Crippen molar-refractivity contribution in [3.05, 3.63) is 0 Å². The molecule has 0 radical (unpaired) electrons. The van der Waals surface area contributed by atoms with Crippen molar-refractivity contribution in [2.75, 3.05) is 24.6 Å². The molecule has 1 N–H and O–H groups in total. The second-order valence-corrected chi connectivity index (χ2v) is 7.45. The lowest BCUT2D eigenvalue weighted by Gasteiger charge is -2.27. The van der Waals surface area contributed by atoms with Gasteiger partial charge >= 0.3 is 0 Å². The van der Waals surface area contributed by atoms with E-state index in [4.69, 9.17) is 0 Å². The maximum Gasteiger partial charge on any atom is 0.220 e. The van der Waals surface area contributed by atoms with E-state index in [1.54, 1.807) is 4.90 Å². The van der Waals surface area contributed by atoms with Crippen molar-refractivity contribution >= 4 is 21.7 Å². The Labute approximate surface area is 120 Å². The average Bonchev–Trinajstić information content (AvgIpc) is 2.71. The van der Waals surface area contributed by atoms with E-state index in [0.29, 0.717) is 25.9 Å². The number of unbranched alkanes of at least 4 members (excludes halogenated alkanes) is 1. The van der Waals surface area contributed by atoms with Crippen LogP contribution in [0.15, 0.2) is 0 Å². The average molecular weight is 304 g/mol. The van der Waals surface area contributed by atoms with Crippen molar-refractivity contribution < 1.29 is 18.0 Å². The van der Waals surface area contributed by atoms with Gasteiger partial charge in [0.25, 0.3) is 0 Å². The summed E-state index contributed by atoms with van der Waals surface area (Å²) in [5.74, 6) is 0.0185. The summed E-state index contributed by atoms with van der Waals surface area (Å²) in [7, 11) is -3.01. The third-order valence-corrected chi connectivity index (χ3v) is 5.24. The predicted octanol–water partition coefficient (Wildman–Crippen LogP) is 0.328. The van der Waals surface area contributed by atoms with E-state index < -0.39 is 9.84 Å². The molecule has 1 atom stereocenters. The Kier molecular flexibility index (Phi) is 6.45. The van der Waals surface area contributed by atoms with Crippen LogP contribution in [0.2, 0.25) is 0 Å². The molecule has 7 heteroatoms. The van der Waals surface area contributed by atoms with Crippen molar-refractivity contribution in [1.29, 1.82) is 0 Å². The molecule has 0 saturated carbocycles. The molecule has 0 aromatic rings. The van der Waals surface area contributed by atoms with Crippen molar-refractivity contribution in [1.82, 2.24) is 10.2 Å². The number of amides is 2. The summed E-state index contributed by atoms with van der Waals surface area (Å²) in [5, 5.41) is 2.76. The highest BCUT2D eigenvalue weighted by molar-refractivity contribution is 7.91. The SMILES string of the molecule is CCCCC(=O)NCCN(C(C)=O)C1CCS(=O)(=O)C1. The largest absolute Gasteiger partial charge is 0.354 e. The normalized spacial score (nSPS) is 20.6. The van der Waals surface area contributed by atoms with Gasteiger partial charge in [-0.15, -0.1) is 0 Å². The number of rotatable bonds is 7. The van der Waals surface area contributed by atoms with Crippen molar-refractivity contribution in [2.45, 2.75) is 45.6 Å². The molecule has 1 heterocycles. The molecule has 0 spiro atoms. The highest BCUT2D eigenvalue weighted by Crippen LogP contribution is 2.17. The number of sulfone groups is 1. The summed E-state index contributed by atoms with van der Waals surface area (Å²) < 4.78 is 22.9. The van der Waals surface area contributed by atoms with Gasteiger partial charge in [0.15, 0.2) is 9.84 Å². The molecule has 1 fully saturated rings. The predicted molar refractivity (Wildman–Crippen MR) is 77.0 cm³/mol. The van der Waals surface area contributed by atoms with E-state index >= 15 is 0 Å². The molecular weight excluding hydrogens is 280 g/mol. The van der Waals surface area contributed by atoms with Gasteiger partial charge in [0, 0.05) is 32.5 Å². The number of nitrogens with one attached hydrogen (secondary N) is 1. The highest BCUT2D eigenvalue weighted by Gasteiger charge is 2.33. The summed E-state index contributed by atoms with van der Waals surface area (Å²) in [6.07, 6.45) is 2.80. The van der Waals surface area contributed by atoms with Gasteiger partial charge < -0.3 is 10.2 Å². The van der Waals surface area contributed by atoms with Crippen LogP contribution in [0, 0.1) is 0 Å². The number of carbonyl (C=O) groups is 2. The van der Waals surface area contributed by atoms with Crippen LogP contribution in [-0.4, -0.2) is 55.8 Å². The lowest BCUT2D eigenvalue weighted by atomic mass is 10.2. The molecule has 0 bridgehead atoms. The fraction of sp³-hybridized carbons (Fsp3) is 0.846. The van der Waals surface area contributed by atoms with E-state index in [1.807, 2.05) is 6.92 Å². The molecule has 1 saturated heterocycles. The lowest BCUT2D eigenvalue weighted by molar-refractivity contribution is -0.131. The molecule has 2 amide bonds. The summed E-state index contributed by atoms with van der Waals surface area (Å²) in [4.78, 5) is 24.6. The quantitative estimate of drug-likeness (QED) is 0.734. The summed E-state index contributed by atoms with van der Waals surface area (Å²) in [6.45, 7) is 4.20. The molecule has 6 nitrogen and oxygen atoms in total. The summed E-state index contributed by atoms with van der Waals surface area (Å²) in [6, 6.07) is -0.245. The third kappa shape index (κ3) is 5.48. The topological polar surface area (TPSA) is 83.6 Å². The molecule has 0 aromatic carbocycles. The minimum atomic E-state index is -3.01. The fourth-order valence-electron chi connectivity index (χ4n) is 2.36. The maximum absolute atomic E-state index is 11.6. The zero-order valence-corrected chi connectivity index (χ0v) is 13.0. The van der Waals surface area contributed by atoms with Crippen LogP contribution in [0.3, 0.4) is 0 Å². The Balaban J connectivity index is 2.41. The zero-order chi connectivity index (χ0) is 15.2. The van der Waals surface area contributed by atoms with Gasteiger partial charge in [-0.2, -0.15) is 0 Å². The summed E-state index contributed by atoms with van der Waals surface area (Å²) in [5.41, 5.74) is 0. The Hall–Kier alpha value is -1.11. The molecule has 1 aliphatic rings. The van der Waals surface area contributed by atoms with Gasteiger partial charge in [-0.1, -0.05) is 13.3 Å². The van der Waals surface area contributed by atoms with Crippen LogP contribution in [0.1, 0.15) is 39.5 Å². The van der Waals surface area contributed by atoms with Gasteiger partial charge in [0.1, 0.15) is 0 Å². The molecule has 0 aromatic heterocycles. The maximum atomic E-state index is 11.6.